The van der Waals surface area contributed by atoms with Crippen molar-refractivity contribution in [2.45, 2.75) is 49.9 Å². The molecule has 3 rings (SSSR count). The van der Waals surface area contributed by atoms with Crippen LogP contribution in [0.4, 0.5) is 13.2 Å². The molecule has 136 valence electrons. The number of nitrogens with one attached hydrogen (secondary N) is 1. The van der Waals surface area contributed by atoms with Gasteiger partial charge in [0.05, 0.1) is 14.4 Å². The number of nitrogens with zero attached hydrogens (tertiary/aromatic N) is 1. The molecule has 1 unspecified atom stereocenters. The second-order valence-electron chi connectivity index (χ2n) is 6.90. The van der Waals surface area contributed by atoms with E-state index in [4.69, 9.17) is 0 Å². The lowest BCUT2D eigenvalue weighted by molar-refractivity contribution is -0.0392. The first kappa shape index (κ1) is 19.2. The third-order valence-corrected chi connectivity index (χ3v) is 6.24. The van der Waals surface area contributed by atoms with Crippen LogP contribution < -0.4 is 5.32 Å². The van der Waals surface area contributed by atoms with Crippen LogP contribution in [0.3, 0.4) is 0 Å². The van der Waals surface area contributed by atoms with Gasteiger partial charge in [-0.25, -0.2) is 0 Å². The van der Waals surface area contributed by atoms with Crippen molar-refractivity contribution < 1.29 is 17.4 Å². The van der Waals surface area contributed by atoms with Crippen molar-refractivity contribution in [1.29, 1.82) is 0 Å². The van der Waals surface area contributed by atoms with E-state index in [0.29, 0.717) is 11.3 Å². The van der Waals surface area contributed by atoms with Crippen LogP contribution in [0.5, 0.6) is 0 Å². The van der Waals surface area contributed by atoms with Crippen LogP contribution in [0.2, 0.25) is 0 Å². The van der Waals surface area contributed by atoms with Gasteiger partial charge in [0.1, 0.15) is 0 Å². The molecule has 7 heteroatoms. The van der Waals surface area contributed by atoms with Crippen molar-refractivity contribution in [3.8, 4) is 0 Å². The van der Waals surface area contributed by atoms with Gasteiger partial charge in [-0.05, 0) is 48.6 Å². The van der Waals surface area contributed by atoms with Gasteiger partial charge in [-0.3, -0.25) is 9.19 Å². The minimum Gasteiger partial charge on any atom is -0.316 e. The fourth-order valence-electron chi connectivity index (χ4n) is 3.23. The Morgan fingerprint density at radius 3 is 2.29 bits per heavy atom. The van der Waals surface area contributed by atoms with E-state index in [-0.39, 0.29) is 4.90 Å². The molecule has 1 aromatic rings. The Balaban J connectivity index is 0.000000647. The molecule has 1 saturated heterocycles. The number of hydrogen-bond donors (Lipinski definition) is 1. The summed E-state index contributed by atoms with van der Waals surface area (Å²) < 4.78 is 49.6. The topological polar surface area (TPSA) is 42.0 Å². The summed E-state index contributed by atoms with van der Waals surface area (Å²) >= 11 is 0. The SMILES string of the molecule is C=S(=O)(c1ccc(CC2CC3(CNC3)C2)nc1)C(F)(F)F.CCC. The van der Waals surface area contributed by atoms with Gasteiger partial charge in [-0.1, -0.05) is 20.3 Å². The fraction of sp³-hybridized carbons (Fsp3) is 0.647. The molecule has 0 amide bonds. The van der Waals surface area contributed by atoms with Crippen molar-refractivity contribution in [3.63, 3.8) is 0 Å². The van der Waals surface area contributed by atoms with Gasteiger partial charge < -0.3 is 5.32 Å². The lowest BCUT2D eigenvalue weighted by Crippen LogP contribution is -2.60. The summed E-state index contributed by atoms with van der Waals surface area (Å²) in [6.45, 7) is 6.40. The molecule has 1 aromatic heterocycles. The third kappa shape index (κ3) is 3.94. The lowest BCUT2D eigenvalue weighted by atomic mass is 9.57. The van der Waals surface area contributed by atoms with Gasteiger partial charge in [0.25, 0.3) is 0 Å². The molecule has 1 N–H and O–H groups in total. The third-order valence-electron chi connectivity index (χ3n) is 4.49. The number of alkyl halides is 3. The van der Waals surface area contributed by atoms with E-state index in [0.717, 1.165) is 44.2 Å². The molecule has 1 aliphatic heterocycles. The molecule has 0 bridgehead atoms. The van der Waals surface area contributed by atoms with E-state index in [9.17, 15) is 17.4 Å². The van der Waals surface area contributed by atoms with Crippen LogP contribution in [-0.4, -0.2) is 33.7 Å². The Bertz CT molecular complexity index is 641. The van der Waals surface area contributed by atoms with Crippen LogP contribution in [0.15, 0.2) is 23.2 Å². The standard InChI is InChI=1S/C14H17F3N2OS.C3H8/c1-21(20,14(15,16)17)12-3-2-11(19-7-12)4-10-5-13(6-10)8-18-9-13;1-3-2/h2-3,7,10,18H,1,4-6,8-9H2;3H2,1-2H3. The summed E-state index contributed by atoms with van der Waals surface area (Å²) in [4.78, 5) is 3.68. The number of pyridine rings is 1. The average Bonchev–Trinajstić information content (AvgIpc) is 2.40. The van der Waals surface area contributed by atoms with Crippen LogP contribution in [0, 0.1) is 11.3 Å². The summed E-state index contributed by atoms with van der Waals surface area (Å²) in [5.74, 6) is 3.38. The zero-order chi connectivity index (χ0) is 18.0. The minimum atomic E-state index is -4.84. The average molecular weight is 362 g/mol. The van der Waals surface area contributed by atoms with E-state index in [1.165, 1.54) is 18.6 Å². The first-order valence-electron chi connectivity index (χ1n) is 8.23. The Morgan fingerprint density at radius 2 is 1.92 bits per heavy atom. The Kier molecular flexibility index (Phi) is 5.64. The molecular weight excluding hydrogens is 337 g/mol. The first-order chi connectivity index (χ1) is 11.1. The first-order valence-corrected chi connectivity index (χ1v) is 9.95. The maximum atomic E-state index is 12.7. The van der Waals surface area contributed by atoms with E-state index in [1.54, 1.807) is 0 Å². The molecule has 1 atom stereocenters. The van der Waals surface area contributed by atoms with Crippen molar-refractivity contribution in [2.24, 2.45) is 11.3 Å². The molecule has 2 aliphatic rings. The van der Waals surface area contributed by atoms with Crippen molar-refractivity contribution in [2.75, 3.05) is 13.1 Å². The highest BCUT2D eigenvalue weighted by Crippen LogP contribution is 2.49. The second-order valence-corrected chi connectivity index (χ2v) is 9.18. The van der Waals surface area contributed by atoms with Crippen LogP contribution in [-0.2, 0) is 15.9 Å². The van der Waals surface area contributed by atoms with Crippen molar-refractivity contribution >= 4 is 15.4 Å². The van der Waals surface area contributed by atoms with Gasteiger partial charge in [0.15, 0.2) is 0 Å². The Labute approximate surface area is 142 Å². The van der Waals surface area contributed by atoms with Gasteiger partial charge in [-0.2, -0.15) is 13.2 Å². The molecule has 1 spiro atoms. The molecular formula is C17H25F3N2OS. The highest BCUT2D eigenvalue weighted by Gasteiger charge is 2.48. The normalized spacial score (nSPS) is 21.9. The van der Waals surface area contributed by atoms with Crippen molar-refractivity contribution in [1.82, 2.24) is 10.3 Å². The number of hydrogen-bond acceptors (Lipinski definition) is 3. The monoisotopic (exact) mass is 362 g/mol. The van der Waals surface area contributed by atoms with Gasteiger partial charge in [0, 0.05) is 25.0 Å². The molecule has 3 nitrogen and oxygen atoms in total. The number of aromatic nitrogens is 1. The number of rotatable bonds is 3. The zero-order valence-corrected chi connectivity index (χ0v) is 15.0. The maximum absolute atomic E-state index is 12.7. The molecule has 2 heterocycles. The summed E-state index contributed by atoms with van der Waals surface area (Å²) in [5, 5.41) is 3.27. The molecule has 0 aromatic carbocycles. The smallest absolute Gasteiger partial charge is 0.316 e. The number of halogens is 3. The van der Waals surface area contributed by atoms with Crippen LogP contribution >= 0.6 is 0 Å². The van der Waals surface area contributed by atoms with E-state index >= 15 is 0 Å². The summed E-state index contributed by atoms with van der Waals surface area (Å²) in [7, 11) is -4.30. The molecule has 1 aliphatic carbocycles. The van der Waals surface area contributed by atoms with E-state index in [1.807, 2.05) is 0 Å². The molecule has 1 saturated carbocycles. The van der Waals surface area contributed by atoms with E-state index < -0.39 is 15.0 Å². The van der Waals surface area contributed by atoms with Gasteiger partial charge >= 0.3 is 5.51 Å². The largest absolute Gasteiger partial charge is 0.467 e. The van der Waals surface area contributed by atoms with Gasteiger partial charge in [0.2, 0.25) is 0 Å². The maximum Gasteiger partial charge on any atom is 0.467 e. The van der Waals surface area contributed by atoms with Crippen LogP contribution in [0.25, 0.3) is 0 Å². The molecule has 0 radical (unpaired) electrons. The Hall–Kier alpha value is -1.08. The second kappa shape index (κ2) is 7.04. The predicted molar refractivity (Wildman–Crippen MR) is 91.5 cm³/mol. The summed E-state index contributed by atoms with van der Waals surface area (Å²) in [5.41, 5.74) is -3.61. The molecule has 2 fully saturated rings. The highest BCUT2D eigenvalue weighted by atomic mass is 32.2. The lowest BCUT2D eigenvalue weighted by Gasteiger charge is -2.54. The zero-order valence-electron chi connectivity index (χ0n) is 14.2. The minimum absolute atomic E-state index is 0.355. The summed E-state index contributed by atoms with van der Waals surface area (Å²) in [6.07, 6.45) is 5.37. The predicted octanol–water partition coefficient (Wildman–Crippen LogP) is 3.64. The fourth-order valence-corrected chi connectivity index (χ4v) is 4.01. The Morgan fingerprint density at radius 1 is 1.33 bits per heavy atom. The van der Waals surface area contributed by atoms with Crippen molar-refractivity contribution in [3.05, 3.63) is 24.0 Å². The van der Waals surface area contributed by atoms with E-state index in [2.05, 4.69) is 30.0 Å². The summed E-state index contributed by atoms with van der Waals surface area (Å²) in [6, 6.07) is 2.78. The van der Waals surface area contributed by atoms with Crippen LogP contribution in [0.1, 0.15) is 38.8 Å². The van der Waals surface area contributed by atoms with Gasteiger partial charge in [-0.15, -0.1) is 0 Å². The quantitative estimate of drug-likeness (QED) is 0.835. The molecule has 24 heavy (non-hydrogen) atoms. The highest BCUT2D eigenvalue weighted by molar-refractivity contribution is 8.01.